The van der Waals surface area contributed by atoms with Crippen LogP contribution < -0.4 is 0 Å². The number of aromatic nitrogens is 2. The largest absolute Gasteiger partial charge is 0.455 e. The van der Waals surface area contributed by atoms with Crippen molar-refractivity contribution in [2.75, 3.05) is 0 Å². The molecule has 274 valence electrons. The van der Waals surface area contributed by atoms with Gasteiger partial charge in [-0.15, -0.1) is 0 Å². The number of para-hydroxylation sites is 1. The van der Waals surface area contributed by atoms with Crippen molar-refractivity contribution >= 4 is 32.7 Å². The smallest absolute Gasteiger partial charge is 0.160 e. The van der Waals surface area contributed by atoms with Crippen LogP contribution in [0, 0.1) is 0 Å². The number of benzene rings is 9. The van der Waals surface area contributed by atoms with Crippen molar-refractivity contribution in [3.63, 3.8) is 0 Å². The van der Waals surface area contributed by atoms with Gasteiger partial charge in [-0.2, -0.15) is 0 Å². The molecule has 0 amide bonds. The van der Waals surface area contributed by atoms with Gasteiger partial charge in [-0.25, -0.2) is 9.97 Å². The average molecular weight is 751 g/mol. The Morgan fingerprint density at radius 3 is 1.44 bits per heavy atom. The highest BCUT2D eigenvalue weighted by Gasteiger charge is 2.25. The molecule has 0 fully saturated rings. The first-order valence-electron chi connectivity index (χ1n) is 20.1. The summed E-state index contributed by atoms with van der Waals surface area (Å²) in [7, 11) is 0. The molecular formula is C56H34N2O. The van der Waals surface area contributed by atoms with Crippen molar-refractivity contribution in [1.82, 2.24) is 9.97 Å². The number of hydrogen-bond acceptors (Lipinski definition) is 3. The fraction of sp³-hybridized carbons (Fsp3) is 0. The Kier molecular flexibility index (Phi) is 7.54. The van der Waals surface area contributed by atoms with Gasteiger partial charge in [0.05, 0.1) is 11.4 Å². The molecule has 0 aliphatic heterocycles. The quantitative estimate of drug-likeness (QED) is 0.170. The maximum absolute atomic E-state index is 6.90. The molecule has 0 spiro atoms. The normalized spacial score (nSPS) is 11.7. The van der Waals surface area contributed by atoms with Crippen LogP contribution in [0.15, 0.2) is 211 Å². The second kappa shape index (κ2) is 13.4. The van der Waals surface area contributed by atoms with Gasteiger partial charge < -0.3 is 4.42 Å². The van der Waals surface area contributed by atoms with E-state index in [0.717, 1.165) is 77.8 Å². The topological polar surface area (TPSA) is 38.9 Å². The molecule has 0 bridgehead atoms. The molecule has 0 atom stereocenters. The Morgan fingerprint density at radius 2 is 0.763 bits per heavy atom. The SMILES string of the molecule is c1ccc(-c2cccc(-c3cc(-c4cccc(-c5cccc6c5oc5cc7c8c(cccc8c56)-c5ccccc5-7)c4)nc(-c4cccc(-c5ccccc5)c4)n3)c2)cc1. The number of nitrogens with zero attached hydrogens (tertiary/aromatic N) is 2. The van der Waals surface area contributed by atoms with Crippen molar-refractivity contribution in [2.24, 2.45) is 0 Å². The summed E-state index contributed by atoms with van der Waals surface area (Å²) in [6, 6.07) is 73.0. The van der Waals surface area contributed by atoms with Crippen molar-refractivity contribution in [1.29, 1.82) is 0 Å². The van der Waals surface area contributed by atoms with Gasteiger partial charge in [-0.05, 0) is 91.2 Å². The van der Waals surface area contributed by atoms with Gasteiger partial charge in [0.25, 0.3) is 0 Å². The van der Waals surface area contributed by atoms with Crippen LogP contribution in [0.25, 0.3) is 122 Å². The van der Waals surface area contributed by atoms with Crippen molar-refractivity contribution in [3.8, 4) is 89.5 Å². The summed E-state index contributed by atoms with van der Waals surface area (Å²) < 4.78 is 6.90. The molecule has 2 aromatic heterocycles. The minimum atomic E-state index is 0.676. The number of rotatable bonds is 6. The number of fused-ring (bicyclic) bond motifs is 7. The molecule has 12 rings (SSSR count). The van der Waals surface area contributed by atoms with Gasteiger partial charge in [0.15, 0.2) is 5.82 Å². The van der Waals surface area contributed by atoms with Gasteiger partial charge in [0.1, 0.15) is 11.2 Å². The van der Waals surface area contributed by atoms with Gasteiger partial charge in [-0.1, -0.05) is 176 Å². The lowest BCUT2D eigenvalue weighted by atomic mass is 9.96. The van der Waals surface area contributed by atoms with Crippen LogP contribution in [0.4, 0.5) is 0 Å². The van der Waals surface area contributed by atoms with Gasteiger partial charge in [-0.3, -0.25) is 0 Å². The Hall–Kier alpha value is -7.88. The van der Waals surface area contributed by atoms with E-state index in [1.54, 1.807) is 0 Å². The highest BCUT2D eigenvalue weighted by molar-refractivity contribution is 6.28. The molecule has 0 radical (unpaired) electrons. The zero-order valence-electron chi connectivity index (χ0n) is 31.9. The lowest BCUT2D eigenvalue weighted by molar-refractivity contribution is 0.670. The van der Waals surface area contributed by atoms with Gasteiger partial charge >= 0.3 is 0 Å². The lowest BCUT2D eigenvalue weighted by Crippen LogP contribution is -1.96. The van der Waals surface area contributed by atoms with Crippen molar-refractivity contribution < 1.29 is 4.42 Å². The summed E-state index contributed by atoms with van der Waals surface area (Å²) in [6.45, 7) is 0. The first kappa shape index (κ1) is 33.3. The van der Waals surface area contributed by atoms with E-state index < -0.39 is 0 Å². The van der Waals surface area contributed by atoms with Gasteiger partial charge in [0.2, 0.25) is 0 Å². The average Bonchev–Trinajstić information content (AvgIpc) is 3.86. The second-order valence-corrected chi connectivity index (χ2v) is 15.3. The molecule has 1 aliphatic rings. The van der Waals surface area contributed by atoms with Crippen LogP contribution in [0.5, 0.6) is 0 Å². The predicted octanol–water partition coefficient (Wildman–Crippen LogP) is 15.2. The summed E-state index contributed by atoms with van der Waals surface area (Å²) in [5.74, 6) is 0.676. The maximum atomic E-state index is 6.90. The number of furan rings is 1. The first-order chi connectivity index (χ1) is 29.2. The van der Waals surface area contributed by atoms with E-state index in [4.69, 9.17) is 14.4 Å². The summed E-state index contributed by atoms with van der Waals surface area (Å²) in [5, 5.41) is 4.80. The van der Waals surface area contributed by atoms with E-state index in [2.05, 4.69) is 194 Å². The maximum Gasteiger partial charge on any atom is 0.160 e. The molecule has 9 aromatic carbocycles. The van der Waals surface area contributed by atoms with E-state index >= 15 is 0 Å². The Balaban J connectivity index is 1.01. The van der Waals surface area contributed by atoms with Crippen LogP contribution in [-0.4, -0.2) is 9.97 Å². The fourth-order valence-corrected chi connectivity index (χ4v) is 9.06. The van der Waals surface area contributed by atoms with Crippen LogP contribution in [0.1, 0.15) is 0 Å². The summed E-state index contributed by atoms with van der Waals surface area (Å²) in [6.07, 6.45) is 0. The molecule has 1 aliphatic carbocycles. The molecule has 3 heteroatoms. The first-order valence-corrected chi connectivity index (χ1v) is 20.1. The molecule has 11 aromatic rings. The van der Waals surface area contributed by atoms with E-state index in [-0.39, 0.29) is 0 Å². The third-order valence-electron chi connectivity index (χ3n) is 11.8. The molecule has 0 saturated carbocycles. The molecule has 59 heavy (non-hydrogen) atoms. The van der Waals surface area contributed by atoms with Gasteiger partial charge in [0, 0.05) is 33.0 Å². The number of hydrogen-bond donors (Lipinski definition) is 0. The van der Waals surface area contributed by atoms with Crippen LogP contribution in [-0.2, 0) is 0 Å². The molecule has 3 nitrogen and oxygen atoms in total. The highest BCUT2D eigenvalue weighted by Crippen LogP contribution is 2.51. The summed E-state index contributed by atoms with van der Waals surface area (Å²) in [4.78, 5) is 10.5. The third-order valence-corrected chi connectivity index (χ3v) is 11.8. The standard InChI is InChI=1S/C56H34N2O/c1-3-14-35(15-4-1)37-18-9-21-40(30-37)50-34-51(58-56(57-50)42-23-10-19-38(31-42)36-16-5-2-6-17-36)41-22-11-20-39(32-41)43-26-12-29-48-54-47-28-13-27-46-44-24-7-8-25-45(44)49(53(46)47)33-52(54)59-55(43)48/h1-34H. The monoisotopic (exact) mass is 750 g/mol. The Labute approximate surface area is 341 Å². The minimum absolute atomic E-state index is 0.676. The Bertz CT molecular complexity index is 3340. The van der Waals surface area contributed by atoms with Crippen molar-refractivity contribution in [2.45, 2.75) is 0 Å². The molecule has 0 saturated heterocycles. The zero-order valence-corrected chi connectivity index (χ0v) is 31.9. The molecule has 0 unspecified atom stereocenters. The van der Waals surface area contributed by atoms with Crippen molar-refractivity contribution in [3.05, 3.63) is 206 Å². The van der Waals surface area contributed by atoms with Crippen LogP contribution in [0.2, 0.25) is 0 Å². The Morgan fingerprint density at radius 1 is 0.288 bits per heavy atom. The summed E-state index contributed by atoms with van der Waals surface area (Å²) in [5.41, 5.74) is 18.3. The van der Waals surface area contributed by atoms with E-state index in [0.29, 0.717) is 5.82 Å². The van der Waals surface area contributed by atoms with Crippen LogP contribution in [0.3, 0.4) is 0 Å². The van der Waals surface area contributed by atoms with E-state index in [1.807, 2.05) is 12.1 Å². The summed E-state index contributed by atoms with van der Waals surface area (Å²) >= 11 is 0. The third kappa shape index (κ3) is 5.51. The molecule has 2 heterocycles. The second-order valence-electron chi connectivity index (χ2n) is 15.3. The predicted molar refractivity (Wildman–Crippen MR) is 244 cm³/mol. The molecular weight excluding hydrogens is 717 g/mol. The molecule has 0 N–H and O–H groups in total. The van der Waals surface area contributed by atoms with E-state index in [9.17, 15) is 0 Å². The van der Waals surface area contributed by atoms with Crippen LogP contribution >= 0.6 is 0 Å². The fourth-order valence-electron chi connectivity index (χ4n) is 9.06. The minimum Gasteiger partial charge on any atom is -0.455 e. The zero-order chi connectivity index (χ0) is 38.9. The lowest BCUT2D eigenvalue weighted by Gasteiger charge is -2.12. The van der Waals surface area contributed by atoms with E-state index in [1.165, 1.54) is 38.6 Å². The highest BCUT2D eigenvalue weighted by atomic mass is 16.3.